The summed E-state index contributed by atoms with van der Waals surface area (Å²) in [6.07, 6.45) is 1.94. The third-order valence-electron chi connectivity index (χ3n) is 6.48. The van der Waals surface area contributed by atoms with Gasteiger partial charge in [-0.25, -0.2) is 4.98 Å². The van der Waals surface area contributed by atoms with Gasteiger partial charge >= 0.3 is 0 Å². The summed E-state index contributed by atoms with van der Waals surface area (Å²) >= 11 is 1.47. The number of aromatic amines is 1. The maximum atomic E-state index is 13.5. The lowest BCUT2D eigenvalue weighted by atomic mass is 9.76. The summed E-state index contributed by atoms with van der Waals surface area (Å²) < 4.78 is 11.1. The Morgan fingerprint density at radius 1 is 1.06 bits per heavy atom. The number of aryl methyl sites for hydroxylation is 1. The lowest BCUT2D eigenvalue weighted by Gasteiger charge is -2.33. The molecule has 0 spiro atoms. The standard InChI is InChI=1S/C27H27N3O4S/c1-15-7-9-16(10-8-15)14-35-27-29-25-24(26(32)30-27)22(23-19(28-25)5-4-6-20(23)31)18-13-17(33-2)11-12-21(18)34-3/h7-13,22H,4-6,14H2,1-3H3,(H2,28,29,30,32)/t22-/m1/s1. The van der Waals surface area contributed by atoms with Crippen LogP contribution in [0.3, 0.4) is 0 Å². The Hall–Kier alpha value is -3.52. The number of benzene rings is 2. The molecule has 2 aromatic carbocycles. The van der Waals surface area contributed by atoms with Crippen LogP contribution in [0.1, 0.15) is 47.4 Å². The Kier molecular flexibility index (Phi) is 6.38. The largest absolute Gasteiger partial charge is 0.497 e. The van der Waals surface area contributed by atoms with Gasteiger partial charge in [0.15, 0.2) is 10.9 Å². The van der Waals surface area contributed by atoms with Crippen molar-refractivity contribution in [3.8, 4) is 11.5 Å². The smallest absolute Gasteiger partial charge is 0.257 e. The fraction of sp³-hybridized carbons (Fsp3) is 0.296. The first kappa shape index (κ1) is 23.2. The number of hydrogen-bond acceptors (Lipinski definition) is 7. The van der Waals surface area contributed by atoms with Crippen LogP contribution >= 0.6 is 11.8 Å². The minimum Gasteiger partial charge on any atom is -0.497 e. The first-order valence-corrected chi connectivity index (χ1v) is 12.5. The van der Waals surface area contributed by atoms with Crippen molar-refractivity contribution in [1.29, 1.82) is 0 Å². The topological polar surface area (TPSA) is 93.3 Å². The highest BCUT2D eigenvalue weighted by Gasteiger charge is 2.39. The van der Waals surface area contributed by atoms with Crippen LogP contribution in [0.25, 0.3) is 0 Å². The third-order valence-corrected chi connectivity index (χ3v) is 7.42. The van der Waals surface area contributed by atoms with E-state index < -0.39 is 5.92 Å². The van der Waals surface area contributed by atoms with E-state index in [9.17, 15) is 9.59 Å². The van der Waals surface area contributed by atoms with Crippen LogP contribution in [0.15, 0.2) is 63.7 Å². The highest BCUT2D eigenvalue weighted by molar-refractivity contribution is 7.98. The summed E-state index contributed by atoms with van der Waals surface area (Å²) in [6, 6.07) is 13.7. The molecule has 1 atom stereocenters. The molecule has 0 bridgehead atoms. The molecule has 0 unspecified atom stereocenters. The summed E-state index contributed by atoms with van der Waals surface area (Å²) in [5.41, 5.74) is 4.66. The van der Waals surface area contributed by atoms with Crippen molar-refractivity contribution in [2.24, 2.45) is 0 Å². The number of Topliss-reactive ketones (excluding diaryl/α,β-unsaturated/α-hetero) is 1. The Labute approximate surface area is 208 Å². The molecule has 0 amide bonds. The maximum absolute atomic E-state index is 13.5. The molecule has 7 nitrogen and oxygen atoms in total. The lowest BCUT2D eigenvalue weighted by Crippen LogP contribution is -2.33. The fourth-order valence-electron chi connectivity index (χ4n) is 4.72. The van der Waals surface area contributed by atoms with Crippen LogP contribution in [0, 0.1) is 6.92 Å². The number of aromatic nitrogens is 2. The second-order valence-corrected chi connectivity index (χ2v) is 9.71. The Morgan fingerprint density at radius 3 is 2.60 bits per heavy atom. The predicted molar refractivity (Wildman–Crippen MR) is 136 cm³/mol. The monoisotopic (exact) mass is 489 g/mol. The van der Waals surface area contributed by atoms with Crippen LogP contribution < -0.4 is 20.3 Å². The van der Waals surface area contributed by atoms with Crippen LogP contribution in [0.5, 0.6) is 11.5 Å². The number of fused-ring (bicyclic) bond motifs is 1. The average molecular weight is 490 g/mol. The number of thioether (sulfide) groups is 1. The number of methoxy groups -OCH3 is 2. The van der Waals surface area contributed by atoms with E-state index in [-0.39, 0.29) is 11.3 Å². The Balaban J connectivity index is 1.60. The molecule has 180 valence electrons. The van der Waals surface area contributed by atoms with Gasteiger partial charge in [0.1, 0.15) is 17.3 Å². The van der Waals surface area contributed by atoms with Gasteiger partial charge in [-0.05, 0) is 43.5 Å². The Morgan fingerprint density at radius 2 is 1.86 bits per heavy atom. The summed E-state index contributed by atoms with van der Waals surface area (Å²) in [5, 5.41) is 3.86. The van der Waals surface area contributed by atoms with E-state index in [2.05, 4.69) is 41.5 Å². The zero-order chi connectivity index (χ0) is 24.5. The van der Waals surface area contributed by atoms with Gasteiger partial charge in [-0.15, -0.1) is 0 Å². The highest BCUT2D eigenvalue weighted by atomic mass is 32.2. The second kappa shape index (κ2) is 9.62. The molecule has 2 N–H and O–H groups in total. The normalized spacial score (nSPS) is 16.9. The molecule has 1 aliphatic carbocycles. The van der Waals surface area contributed by atoms with Crippen LogP contribution in [-0.4, -0.2) is 30.0 Å². The number of nitrogens with one attached hydrogen (secondary N) is 2. The van der Waals surface area contributed by atoms with E-state index in [0.717, 1.165) is 24.1 Å². The number of carbonyl (C=O) groups is 1. The van der Waals surface area contributed by atoms with E-state index in [1.54, 1.807) is 26.4 Å². The van der Waals surface area contributed by atoms with Gasteiger partial charge in [0.25, 0.3) is 5.56 Å². The number of rotatable bonds is 6. The van der Waals surface area contributed by atoms with Gasteiger partial charge in [0.05, 0.1) is 25.7 Å². The zero-order valence-corrected chi connectivity index (χ0v) is 20.8. The molecule has 5 rings (SSSR count). The van der Waals surface area contributed by atoms with Gasteiger partial charge in [-0.1, -0.05) is 41.6 Å². The maximum Gasteiger partial charge on any atom is 0.257 e. The number of hydrogen-bond donors (Lipinski definition) is 2. The molecule has 35 heavy (non-hydrogen) atoms. The van der Waals surface area contributed by atoms with E-state index in [1.807, 2.05) is 6.07 Å². The quantitative estimate of drug-likeness (QED) is 0.374. The lowest BCUT2D eigenvalue weighted by molar-refractivity contribution is -0.116. The van der Waals surface area contributed by atoms with Gasteiger partial charge in [-0.2, -0.15) is 0 Å². The molecular formula is C27H27N3O4S. The molecule has 2 aliphatic rings. The second-order valence-electron chi connectivity index (χ2n) is 8.74. The minimum atomic E-state index is -0.591. The molecule has 2 heterocycles. The molecule has 0 saturated heterocycles. The van der Waals surface area contributed by atoms with Crippen molar-refractivity contribution in [3.05, 3.63) is 86.3 Å². The Bertz CT molecular complexity index is 1380. The van der Waals surface area contributed by atoms with Crippen molar-refractivity contribution >= 4 is 23.4 Å². The molecular weight excluding hydrogens is 462 g/mol. The summed E-state index contributed by atoms with van der Waals surface area (Å²) in [7, 11) is 3.17. The van der Waals surface area contributed by atoms with E-state index in [1.165, 1.54) is 17.3 Å². The number of carbonyl (C=O) groups excluding carboxylic acids is 1. The average Bonchev–Trinajstić information content (AvgIpc) is 2.87. The number of anilines is 1. The first-order valence-electron chi connectivity index (χ1n) is 11.6. The summed E-state index contributed by atoms with van der Waals surface area (Å²) in [5.74, 6) is 1.83. The number of nitrogens with zero attached hydrogens (tertiary/aromatic N) is 1. The van der Waals surface area contributed by atoms with E-state index in [4.69, 9.17) is 14.5 Å². The van der Waals surface area contributed by atoms with Crippen LogP contribution in [-0.2, 0) is 10.5 Å². The third kappa shape index (κ3) is 4.46. The predicted octanol–water partition coefficient (Wildman–Crippen LogP) is 4.95. The molecule has 1 aromatic heterocycles. The minimum absolute atomic E-state index is 0.0384. The molecule has 3 aromatic rings. The number of allylic oxidation sites excluding steroid dienone is 2. The molecule has 8 heteroatoms. The van der Waals surface area contributed by atoms with Crippen molar-refractivity contribution < 1.29 is 14.3 Å². The van der Waals surface area contributed by atoms with Crippen molar-refractivity contribution in [2.75, 3.05) is 19.5 Å². The fourth-order valence-corrected chi connectivity index (χ4v) is 5.54. The molecule has 0 fully saturated rings. The molecule has 0 radical (unpaired) electrons. The summed E-state index contributed by atoms with van der Waals surface area (Å²) in [4.78, 5) is 34.4. The number of ether oxygens (including phenoxy) is 2. The van der Waals surface area contributed by atoms with E-state index >= 15 is 0 Å². The van der Waals surface area contributed by atoms with Gasteiger partial charge < -0.3 is 19.8 Å². The zero-order valence-electron chi connectivity index (χ0n) is 19.9. The summed E-state index contributed by atoms with van der Waals surface area (Å²) in [6.45, 7) is 2.05. The van der Waals surface area contributed by atoms with Gasteiger partial charge in [0.2, 0.25) is 0 Å². The van der Waals surface area contributed by atoms with Crippen molar-refractivity contribution in [2.45, 2.75) is 43.0 Å². The highest BCUT2D eigenvalue weighted by Crippen LogP contribution is 2.46. The van der Waals surface area contributed by atoms with E-state index in [0.29, 0.717) is 51.3 Å². The van der Waals surface area contributed by atoms with Crippen LogP contribution in [0.2, 0.25) is 0 Å². The first-order chi connectivity index (χ1) is 17.0. The molecule has 1 aliphatic heterocycles. The van der Waals surface area contributed by atoms with Crippen molar-refractivity contribution in [1.82, 2.24) is 9.97 Å². The number of H-pyrrole nitrogens is 1. The molecule has 0 saturated carbocycles. The van der Waals surface area contributed by atoms with Gasteiger partial charge in [-0.3, -0.25) is 9.59 Å². The van der Waals surface area contributed by atoms with Crippen LogP contribution in [0.4, 0.5) is 5.82 Å². The number of ketones is 1. The van der Waals surface area contributed by atoms with Gasteiger partial charge in [0, 0.05) is 29.0 Å². The van der Waals surface area contributed by atoms with Crippen molar-refractivity contribution in [3.63, 3.8) is 0 Å². The SMILES string of the molecule is COc1ccc(OC)c([C@@H]2C3=C(CCCC3=O)Nc3nc(SCc4ccc(C)cc4)[nH]c(=O)c32)c1.